The lowest BCUT2D eigenvalue weighted by atomic mass is 10.1. The molecule has 0 aliphatic carbocycles. The van der Waals surface area contributed by atoms with E-state index in [9.17, 15) is 15.0 Å². The van der Waals surface area contributed by atoms with Crippen LogP contribution < -0.4 is 5.73 Å². The Morgan fingerprint density at radius 1 is 1.32 bits per heavy atom. The van der Waals surface area contributed by atoms with Crippen LogP contribution in [0.25, 0.3) is 11.2 Å². The van der Waals surface area contributed by atoms with Crippen LogP contribution in [0.2, 0.25) is 0 Å². The lowest BCUT2D eigenvalue weighted by molar-refractivity contribution is -0.137. The van der Waals surface area contributed by atoms with Gasteiger partial charge in [-0.3, -0.25) is 9.36 Å². The van der Waals surface area contributed by atoms with E-state index in [1.165, 1.54) is 29.0 Å². The number of nitrogens with two attached hydrogens (primary N) is 1. The number of thioether (sulfide) groups is 1. The van der Waals surface area contributed by atoms with Gasteiger partial charge in [-0.1, -0.05) is 0 Å². The van der Waals surface area contributed by atoms with Gasteiger partial charge in [-0.25, -0.2) is 15.0 Å². The molecule has 0 spiro atoms. The van der Waals surface area contributed by atoms with Crippen LogP contribution in [-0.2, 0) is 9.53 Å². The largest absolute Gasteiger partial charge is 0.481 e. The van der Waals surface area contributed by atoms with E-state index in [0.717, 1.165) is 0 Å². The average Bonchev–Trinajstić information content (AvgIpc) is 3.11. The molecule has 3 heterocycles. The zero-order valence-corrected chi connectivity index (χ0v) is 14.0. The average molecular weight is 369 g/mol. The number of aliphatic hydroxyl groups is 2. The van der Waals surface area contributed by atoms with Gasteiger partial charge in [-0.15, -0.1) is 0 Å². The molecular formula is C14H19N5O5S. The molecule has 10 nitrogen and oxygen atoms in total. The van der Waals surface area contributed by atoms with Crippen molar-refractivity contribution in [2.75, 3.05) is 17.2 Å². The number of carboxylic acid groups (broad SMARTS) is 1. The first-order valence-corrected chi connectivity index (χ1v) is 8.88. The van der Waals surface area contributed by atoms with Crippen molar-refractivity contribution in [1.29, 1.82) is 0 Å². The maximum Gasteiger partial charge on any atom is 0.303 e. The number of aliphatic carboxylic acids is 1. The molecular weight excluding hydrogens is 350 g/mol. The van der Waals surface area contributed by atoms with Gasteiger partial charge in [0.25, 0.3) is 0 Å². The number of ether oxygens (including phenoxy) is 1. The number of aliphatic hydroxyl groups excluding tert-OH is 2. The van der Waals surface area contributed by atoms with Crippen molar-refractivity contribution in [3.8, 4) is 0 Å². The summed E-state index contributed by atoms with van der Waals surface area (Å²) in [6.45, 7) is 0. The molecule has 1 unspecified atom stereocenters. The standard InChI is InChI=1S/C14H19N5O5S/c15-12-9-13(17-5-16-12)19(6-18-9)14-11(23)10(22)7(24-14)4-25-3-1-2-8(20)21/h5-7,10-11,14,22-23H,1-4H2,(H,20,21)(H2,15,16,17)/t7-,10?,11+,14-/m1/s1. The summed E-state index contributed by atoms with van der Waals surface area (Å²) in [6, 6.07) is 0. The van der Waals surface area contributed by atoms with Crippen molar-refractivity contribution >= 4 is 34.7 Å². The van der Waals surface area contributed by atoms with Crippen molar-refractivity contribution in [1.82, 2.24) is 19.5 Å². The van der Waals surface area contributed by atoms with Crippen molar-refractivity contribution in [3.05, 3.63) is 12.7 Å². The van der Waals surface area contributed by atoms with E-state index in [-0.39, 0.29) is 12.2 Å². The number of anilines is 1. The number of aromatic nitrogens is 4. The lowest BCUT2D eigenvalue weighted by Gasteiger charge is -2.16. The topological polar surface area (TPSA) is 157 Å². The minimum atomic E-state index is -1.14. The summed E-state index contributed by atoms with van der Waals surface area (Å²) in [6.07, 6.45) is -0.231. The molecule has 1 aliphatic heterocycles. The first-order chi connectivity index (χ1) is 12.0. The second kappa shape index (κ2) is 7.52. The lowest BCUT2D eigenvalue weighted by Crippen LogP contribution is -2.32. The molecule has 1 fully saturated rings. The number of nitrogens with zero attached hydrogens (tertiary/aromatic N) is 4. The van der Waals surface area contributed by atoms with Crippen LogP contribution in [0.15, 0.2) is 12.7 Å². The summed E-state index contributed by atoms with van der Waals surface area (Å²) in [4.78, 5) is 22.6. The van der Waals surface area contributed by atoms with Crippen LogP contribution in [0, 0.1) is 0 Å². The molecule has 11 heteroatoms. The van der Waals surface area contributed by atoms with E-state index >= 15 is 0 Å². The summed E-state index contributed by atoms with van der Waals surface area (Å²) in [5.41, 5.74) is 6.57. The summed E-state index contributed by atoms with van der Waals surface area (Å²) in [5, 5.41) is 29.2. The fourth-order valence-corrected chi connectivity index (χ4v) is 3.70. The number of nitrogen functional groups attached to an aromatic ring is 1. The Morgan fingerprint density at radius 3 is 2.88 bits per heavy atom. The van der Waals surface area contributed by atoms with Crippen LogP contribution in [0.5, 0.6) is 0 Å². The fourth-order valence-electron chi connectivity index (χ4n) is 2.68. The van der Waals surface area contributed by atoms with Crippen LogP contribution >= 0.6 is 11.8 Å². The van der Waals surface area contributed by atoms with Crippen molar-refractivity contribution in [3.63, 3.8) is 0 Å². The van der Waals surface area contributed by atoms with Gasteiger partial charge in [-0.2, -0.15) is 11.8 Å². The van der Waals surface area contributed by atoms with Crippen LogP contribution in [0.3, 0.4) is 0 Å². The Labute approximate surface area is 147 Å². The number of imidazole rings is 1. The highest BCUT2D eigenvalue weighted by Gasteiger charge is 2.44. The van der Waals surface area contributed by atoms with Gasteiger partial charge in [0.2, 0.25) is 0 Å². The quantitative estimate of drug-likeness (QED) is 0.474. The summed E-state index contributed by atoms with van der Waals surface area (Å²) in [7, 11) is 0. The second-order valence-electron chi connectivity index (χ2n) is 5.70. The van der Waals surface area contributed by atoms with E-state index in [1.54, 1.807) is 0 Å². The number of fused-ring (bicyclic) bond motifs is 1. The third-order valence-electron chi connectivity index (χ3n) is 3.96. The fraction of sp³-hybridized carbons (Fsp3) is 0.571. The smallest absolute Gasteiger partial charge is 0.303 e. The summed E-state index contributed by atoms with van der Waals surface area (Å²) in [5.74, 6) is 0.471. The van der Waals surface area contributed by atoms with E-state index in [1.807, 2.05) is 0 Å². The van der Waals surface area contributed by atoms with Gasteiger partial charge >= 0.3 is 5.97 Å². The molecule has 1 aliphatic rings. The van der Waals surface area contributed by atoms with Gasteiger partial charge in [-0.05, 0) is 12.2 Å². The predicted molar refractivity (Wildman–Crippen MR) is 89.9 cm³/mol. The number of carboxylic acids is 1. The highest BCUT2D eigenvalue weighted by molar-refractivity contribution is 7.99. The third-order valence-corrected chi connectivity index (χ3v) is 5.10. The molecule has 0 saturated carbocycles. The molecule has 0 aromatic carbocycles. The second-order valence-corrected chi connectivity index (χ2v) is 6.85. The summed E-state index contributed by atoms with van der Waals surface area (Å²) < 4.78 is 7.31. The molecule has 136 valence electrons. The van der Waals surface area contributed by atoms with Crippen LogP contribution in [-0.4, -0.2) is 70.6 Å². The van der Waals surface area contributed by atoms with Gasteiger partial charge in [0.05, 0.1) is 12.4 Å². The van der Waals surface area contributed by atoms with Crippen LogP contribution in [0.4, 0.5) is 5.82 Å². The van der Waals surface area contributed by atoms with E-state index in [0.29, 0.717) is 29.1 Å². The molecule has 2 aromatic heterocycles. The molecule has 2 aromatic rings. The SMILES string of the molecule is Nc1ncnc2c1ncn2[C@@H]1O[C@H](CSCCCC(=O)O)C(O)[C@@H]1O. The molecule has 3 rings (SSSR count). The van der Waals surface area contributed by atoms with Gasteiger partial charge in [0.1, 0.15) is 24.1 Å². The first kappa shape index (κ1) is 17.9. The maximum atomic E-state index is 10.5. The molecule has 0 amide bonds. The number of rotatable bonds is 7. The predicted octanol–water partition coefficient (Wildman–Crippen LogP) is -0.374. The molecule has 0 radical (unpaired) electrons. The minimum Gasteiger partial charge on any atom is -0.481 e. The molecule has 5 N–H and O–H groups in total. The van der Waals surface area contributed by atoms with Crippen LogP contribution in [0.1, 0.15) is 19.1 Å². The zero-order chi connectivity index (χ0) is 18.0. The molecule has 1 saturated heterocycles. The van der Waals surface area contributed by atoms with Crippen molar-refractivity contribution in [2.45, 2.75) is 37.4 Å². The number of hydrogen-bond donors (Lipinski definition) is 4. The highest BCUT2D eigenvalue weighted by atomic mass is 32.2. The first-order valence-electron chi connectivity index (χ1n) is 7.73. The third kappa shape index (κ3) is 3.68. The minimum absolute atomic E-state index is 0.106. The zero-order valence-electron chi connectivity index (χ0n) is 13.2. The molecule has 0 bridgehead atoms. The molecule has 4 atom stereocenters. The van der Waals surface area contributed by atoms with Crippen molar-refractivity contribution < 1.29 is 24.9 Å². The highest BCUT2D eigenvalue weighted by Crippen LogP contribution is 2.33. The monoisotopic (exact) mass is 369 g/mol. The maximum absolute atomic E-state index is 10.5. The Balaban J connectivity index is 1.65. The number of hydrogen-bond acceptors (Lipinski definition) is 9. The van der Waals surface area contributed by atoms with Crippen molar-refractivity contribution in [2.24, 2.45) is 0 Å². The van der Waals surface area contributed by atoms with Gasteiger partial charge < -0.3 is 25.8 Å². The Kier molecular flexibility index (Phi) is 5.37. The normalized spacial score (nSPS) is 26.3. The van der Waals surface area contributed by atoms with Gasteiger partial charge in [0, 0.05) is 12.2 Å². The number of carbonyl (C=O) groups is 1. The Hall–Kier alpha value is -1.95. The van der Waals surface area contributed by atoms with E-state index < -0.39 is 30.5 Å². The van der Waals surface area contributed by atoms with E-state index in [4.69, 9.17) is 15.6 Å². The van der Waals surface area contributed by atoms with E-state index in [2.05, 4.69) is 15.0 Å². The molecule has 25 heavy (non-hydrogen) atoms. The van der Waals surface area contributed by atoms with Gasteiger partial charge in [0.15, 0.2) is 17.7 Å². The Morgan fingerprint density at radius 2 is 2.12 bits per heavy atom. The summed E-state index contributed by atoms with van der Waals surface area (Å²) >= 11 is 1.47. The Bertz CT molecular complexity index is 756.